The fourth-order valence-corrected chi connectivity index (χ4v) is 8.72. The lowest BCUT2D eigenvalue weighted by atomic mass is 9.95. The van der Waals surface area contributed by atoms with Crippen molar-refractivity contribution in [2.24, 2.45) is 0 Å². The van der Waals surface area contributed by atoms with E-state index >= 15 is 0 Å². The Balaban J connectivity index is 0.000000177. The first kappa shape index (κ1) is 35.5. The molecule has 0 radical (unpaired) electrons. The Morgan fingerprint density at radius 3 is 0.800 bits per heavy atom. The molecule has 8 rings (SSSR count). The first-order valence-corrected chi connectivity index (χ1v) is 18.2. The SMILES string of the molecule is [N-]=[N+]=[N-].[NH4+].c1ccc(-c2c[pH]c(-c3ccccc3)c2-c2ccccc2)cc1.c1ccc(-c2c[pH]c(-c3ccccc3)c2-c2ccccc2)cc1. The monoisotopic (exact) mass is 684 g/mol. The van der Waals surface area contributed by atoms with Crippen molar-refractivity contribution in [3.63, 3.8) is 0 Å². The van der Waals surface area contributed by atoms with Crippen LogP contribution in [0.2, 0.25) is 0 Å². The van der Waals surface area contributed by atoms with Crippen LogP contribution in [0, 0.1) is 0 Å². The molecule has 50 heavy (non-hydrogen) atoms. The average Bonchev–Trinajstić information content (AvgIpc) is 3.84. The summed E-state index contributed by atoms with van der Waals surface area (Å²) in [5.74, 6) is 4.78. The van der Waals surface area contributed by atoms with Crippen molar-refractivity contribution in [2.45, 2.75) is 0 Å². The summed E-state index contributed by atoms with van der Waals surface area (Å²) in [5.41, 5.74) is 26.8. The first-order valence-electron chi connectivity index (χ1n) is 16.0. The normalized spacial score (nSPS) is 10.2. The lowest BCUT2D eigenvalue weighted by molar-refractivity contribution is 1.62. The summed E-state index contributed by atoms with van der Waals surface area (Å²) < 4.78 is 0. The van der Waals surface area contributed by atoms with Crippen LogP contribution in [0.1, 0.15) is 0 Å². The Morgan fingerprint density at radius 1 is 0.320 bits per heavy atom. The number of hydrogen-bond donors (Lipinski definition) is 1. The number of nitrogens with zero attached hydrogens (tertiary/aromatic N) is 3. The number of quaternary nitrogens is 1. The van der Waals surface area contributed by atoms with Crippen LogP contribution in [-0.4, -0.2) is 0 Å². The largest absolute Gasteiger partial charge is 0.373 e. The van der Waals surface area contributed by atoms with Gasteiger partial charge in [-0.1, -0.05) is 182 Å². The van der Waals surface area contributed by atoms with Gasteiger partial charge in [0.25, 0.3) is 0 Å². The van der Waals surface area contributed by atoms with Gasteiger partial charge in [0.1, 0.15) is 0 Å². The minimum Gasteiger partial charge on any atom is -0.373 e. The molecule has 0 fully saturated rings. The quantitative estimate of drug-likeness (QED) is 0.102. The standard InChI is InChI=1S/2C22H17P.N3.H3N/c2*1-4-10-17(11-5-1)20-16-23-22(19-14-8-3-9-15-19)21(20)18-12-6-2-7-13-18;1-3-2;/h2*1-16,23H;;1H3/q;;-1;/p+1. The van der Waals surface area contributed by atoms with Crippen molar-refractivity contribution < 1.29 is 0 Å². The molecular weight excluding hydrogens is 646 g/mol. The zero-order chi connectivity index (χ0) is 33.7. The second kappa shape index (κ2) is 18.1. The maximum Gasteiger partial charge on any atom is 0.00665 e. The molecular formula is C44H38N4P2. The summed E-state index contributed by atoms with van der Waals surface area (Å²) in [4.78, 5) is 1.50. The predicted molar refractivity (Wildman–Crippen MR) is 221 cm³/mol. The van der Waals surface area contributed by atoms with Gasteiger partial charge >= 0.3 is 0 Å². The zero-order valence-electron chi connectivity index (χ0n) is 27.8. The van der Waals surface area contributed by atoms with E-state index in [2.05, 4.69) is 194 Å². The van der Waals surface area contributed by atoms with E-state index in [1.54, 1.807) is 0 Å². The molecule has 8 aromatic rings. The predicted octanol–water partition coefficient (Wildman–Crippen LogP) is 14.7. The highest BCUT2D eigenvalue weighted by Crippen LogP contribution is 2.48. The van der Waals surface area contributed by atoms with Crippen molar-refractivity contribution in [1.82, 2.24) is 6.15 Å². The first-order chi connectivity index (χ1) is 24.3. The fraction of sp³-hybridized carbons (Fsp3) is 0. The minimum absolute atomic E-state index is 0. The fourth-order valence-electron chi connectivity index (χ4n) is 6.01. The molecule has 244 valence electrons. The molecule has 0 aliphatic carbocycles. The van der Waals surface area contributed by atoms with E-state index in [-0.39, 0.29) is 6.15 Å². The van der Waals surface area contributed by atoms with Crippen LogP contribution < -0.4 is 6.15 Å². The van der Waals surface area contributed by atoms with E-state index in [0.717, 1.165) is 0 Å². The Kier molecular flexibility index (Phi) is 12.8. The van der Waals surface area contributed by atoms with Crippen molar-refractivity contribution in [2.75, 3.05) is 0 Å². The lowest BCUT2D eigenvalue weighted by Gasteiger charge is -2.09. The summed E-state index contributed by atoms with van der Waals surface area (Å²) in [6.45, 7) is 0. The maximum atomic E-state index is 6.75. The van der Waals surface area contributed by atoms with Crippen LogP contribution >= 0.6 is 16.4 Å². The number of benzene rings is 6. The third-order valence-electron chi connectivity index (χ3n) is 8.18. The van der Waals surface area contributed by atoms with Crippen molar-refractivity contribution in [3.8, 4) is 66.2 Å². The third kappa shape index (κ3) is 8.41. The summed E-state index contributed by atoms with van der Waals surface area (Å²) >= 11 is 0. The van der Waals surface area contributed by atoms with E-state index in [9.17, 15) is 0 Å². The van der Waals surface area contributed by atoms with Gasteiger partial charge in [0, 0.05) is 21.7 Å². The van der Waals surface area contributed by atoms with Crippen molar-refractivity contribution in [3.05, 3.63) is 210 Å². The Bertz CT molecular complexity index is 1940. The smallest absolute Gasteiger partial charge is 0.00665 e. The molecule has 4 nitrogen and oxygen atoms in total. The lowest BCUT2D eigenvalue weighted by Crippen LogP contribution is -1.83. The van der Waals surface area contributed by atoms with E-state index in [4.69, 9.17) is 11.1 Å². The molecule has 0 amide bonds. The highest BCUT2D eigenvalue weighted by atomic mass is 31.0. The van der Waals surface area contributed by atoms with Gasteiger partial charge in [0.15, 0.2) is 0 Å². The van der Waals surface area contributed by atoms with Gasteiger partial charge in [-0.3, -0.25) is 4.91 Å². The molecule has 4 N–H and O–H groups in total. The molecule has 0 saturated heterocycles. The van der Waals surface area contributed by atoms with Crippen LogP contribution in [0.4, 0.5) is 0 Å². The van der Waals surface area contributed by atoms with E-state index in [1.165, 1.54) is 71.1 Å². The van der Waals surface area contributed by atoms with Crippen LogP contribution in [-0.2, 0) is 0 Å². The highest BCUT2D eigenvalue weighted by Gasteiger charge is 2.16. The summed E-state index contributed by atoms with van der Waals surface area (Å²) in [6.07, 6.45) is 0. The third-order valence-corrected chi connectivity index (χ3v) is 10.7. The molecule has 0 aliphatic rings. The molecule has 2 unspecified atom stereocenters. The molecule has 0 saturated carbocycles. The van der Waals surface area contributed by atoms with Crippen LogP contribution in [0.5, 0.6) is 0 Å². The van der Waals surface area contributed by atoms with Crippen LogP contribution in [0.25, 0.3) is 82.2 Å². The highest BCUT2D eigenvalue weighted by molar-refractivity contribution is 7.34. The molecule has 0 spiro atoms. The van der Waals surface area contributed by atoms with Gasteiger partial charge < -0.3 is 17.2 Å². The van der Waals surface area contributed by atoms with Gasteiger partial charge in [0.05, 0.1) is 0 Å². The molecule has 2 aromatic heterocycles. The topological polar surface area (TPSA) is 95.2 Å². The second-order valence-corrected chi connectivity index (χ2v) is 13.3. The summed E-state index contributed by atoms with van der Waals surface area (Å²) in [7, 11) is 1.41. The van der Waals surface area contributed by atoms with E-state index < -0.39 is 0 Å². The van der Waals surface area contributed by atoms with Gasteiger partial charge in [-0.2, -0.15) is 0 Å². The molecule has 6 heteroatoms. The molecule has 0 bridgehead atoms. The minimum atomic E-state index is 0. The van der Waals surface area contributed by atoms with Gasteiger partial charge in [0.2, 0.25) is 0 Å². The van der Waals surface area contributed by atoms with Crippen LogP contribution in [0.3, 0.4) is 0 Å². The van der Waals surface area contributed by atoms with Gasteiger partial charge in [-0.05, 0) is 56.1 Å². The van der Waals surface area contributed by atoms with E-state index in [0.29, 0.717) is 16.4 Å². The second-order valence-electron chi connectivity index (χ2n) is 11.2. The summed E-state index contributed by atoms with van der Waals surface area (Å²) in [5, 5.41) is 2.88. The molecule has 0 aliphatic heterocycles. The summed E-state index contributed by atoms with van der Waals surface area (Å²) in [6, 6.07) is 64.4. The number of rotatable bonds is 6. The average molecular weight is 685 g/mol. The zero-order valence-corrected chi connectivity index (χ0v) is 29.8. The maximum absolute atomic E-state index is 6.75. The Labute approximate surface area is 297 Å². The van der Waals surface area contributed by atoms with Crippen LogP contribution in [0.15, 0.2) is 194 Å². The van der Waals surface area contributed by atoms with Gasteiger partial charge in [-0.25, -0.2) is 0 Å². The van der Waals surface area contributed by atoms with E-state index in [1.807, 2.05) is 0 Å². The van der Waals surface area contributed by atoms with Gasteiger partial charge in [-0.15, -0.1) is 16.4 Å². The Hall–Kier alpha value is -5.85. The van der Waals surface area contributed by atoms with Crippen molar-refractivity contribution >= 4 is 16.4 Å². The number of hydrogen-bond acceptors (Lipinski definition) is 0. The van der Waals surface area contributed by atoms with Crippen molar-refractivity contribution in [1.29, 1.82) is 0 Å². The Morgan fingerprint density at radius 2 is 0.540 bits per heavy atom. The molecule has 2 atom stereocenters. The molecule has 2 heterocycles. The molecule has 6 aromatic carbocycles.